The number of imidazole rings is 1. The van der Waals surface area contributed by atoms with Crippen LogP contribution in [-0.4, -0.2) is 57.2 Å². The van der Waals surface area contributed by atoms with Crippen LogP contribution < -0.4 is 0 Å². The third-order valence-corrected chi connectivity index (χ3v) is 5.32. The van der Waals surface area contributed by atoms with E-state index in [2.05, 4.69) is 19.8 Å². The standard InChI is InChI=1S/C21H24F2N4O/c22-16-3-1-15(2-4-16)12-27-9-8-26(13-18(27)7-10-28)14-21-24-19-6-5-17(23)11-20(19)25-21/h1-6,11,18,28H,7-10,12-14H2,(H,24,25)/t18-/m1/s1. The smallest absolute Gasteiger partial charge is 0.125 e. The molecular weight excluding hydrogens is 362 g/mol. The van der Waals surface area contributed by atoms with Crippen LogP contribution in [0, 0.1) is 11.6 Å². The summed E-state index contributed by atoms with van der Waals surface area (Å²) in [5.74, 6) is 0.307. The molecule has 0 saturated carbocycles. The van der Waals surface area contributed by atoms with Gasteiger partial charge in [-0.3, -0.25) is 9.80 Å². The second kappa shape index (κ2) is 8.34. The van der Waals surface area contributed by atoms with E-state index >= 15 is 0 Å². The molecule has 0 amide bonds. The number of nitrogens with zero attached hydrogens (tertiary/aromatic N) is 3. The van der Waals surface area contributed by atoms with Crippen molar-refractivity contribution < 1.29 is 13.9 Å². The van der Waals surface area contributed by atoms with Gasteiger partial charge in [-0.25, -0.2) is 13.8 Å². The number of hydrogen-bond donors (Lipinski definition) is 2. The summed E-state index contributed by atoms with van der Waals surface area (Å²) in [6.07, 6.45) is 0.684. The highest BCUT2D eigenvalue weighted by molar-refractivity contribution is 5.74. The summed E-state index contributed by atoms with van der Waals surface area (Å²) in [4.78, 5) is 12.4. The third kappa shape index (κ3) is 4.38. The third-order valence-electron chi connectivity index (χ3n) is 5.32. The fourth-order valence-electron chi connectivity index (χ4n) is 3.88. The van der Waals surface area contributed by atoms with Crippen LogP contribution in [0.5, 0.6) is 0 Å². The van der Waals surface area contributed by atoms with Gasteiger partial charge in [0.1, 0.15) is 17.5 Å². The van der Waals surface area contributed by atoms with E-state index in [-0.39, 0.29) is 24.3 Å². The number of aliphatic hydroxyl groups is 1. The Morgan fingerprint density at radius 2 is 1.82 bits per heavy atom. The highest BCUT2D eigenvalue weighted by atomic mass is 19.1. The molecule has 28 heavy (non-hydrogen) atoms. The van der Waals surface area contributed by atoms with Crippen LogP contribution in [-0.2, 0) is 13.1 Å². The maximum absolute atomic E-state index is 13.4. The highest BCUT2D eigenvalue weighted by Crippen LogP contribution is 2.19. The van der Waals surface area contributed by atoms with Gasteiger partial charge >= 0.3 is 0 Å². The predicted octanol–water partition coefficient (Wildman–Crippen LogP) is 2.91. The molecule has 4 rings (SSSR count). The maximum atomic E-state index is 13.4. The number of hydrogen-bond acceptors (Lipinski definition) is 4. The fourth-order valence-corrected chi connectivity index (χ4v) is 3.88. The summed E-state index contributed by atoms with van der Waals surface area (Å²) in [6, 6.07) is 11.4. The minimum absolute atomic E-state index is 0.127. The van der Waals surface area contributed by atoms with Crippen LogP contribution in [0.1, 0.15) is 17.8 Å². The molecule has 5 nitrogen and oxygen atoms in total. The Balaban J connectivity index is 1.42. The summed E-state index contributed by atoms with van der Waals surface area (Å²) in [5.41, 5.74) is 2.53. The number of aromatic amines is 1. The monoisotopic (exact) mass is 386 g/mol. The molecule has 1 saturated heterocycles. The molecule has 148 valence electrons. The van der Waals surface area contributed by atoms with Gasteiger partial charge in [-0.05, 0) is 42.3 Å². The second-order valence-corrected chi connectivity index (χ2v) is 7.34. The van der Waals surface area contributed by atoms with E-state index < -0.39 is 0 Å². The van der Waals surface area contributed by atoms with E-state index in [1.54, 1.807) is 6.07 Å². The topological polar surface area (TPSA) is 55.4 Å². The molecule has 0 radical (unpaired) electrons. The van der Waals surface area contributed by atoms with Crippen molar-refractivity contribution in [1.82, 2.24) is 19.8 Å². The Morgan fingerprint density at radius 1 is 1.04 bits per heavy atom. The van der Waals surface area contributed by atoms with E-state index in [0.717, 1.165) is 43.1 Å². The van der Waals surface area contributed by atoms with Crippen LogP contribution in [0.15, 0.2) is 42.5 Å². The molecule has 1 fully saturated rings. The molecule has 0 spiro atoms. The lowest BCUT2D eigenvalue weighted by molar-refractivity contribution is 0.0489. The molecule has 7 heteroatoms. The van der Waals surface area contributed by atoms with Gasteiger partial charge in [-0.1, -0.05) is 12.1 Å². The largest absolute Gasteiger partial charge is 0.396 e. The van der Waals surface area contributed by atoms with E-state index in [1.807, 2.05) is 12.1 Å². The average molecular weight is 386 g/mol. The SMILES string of the molecule is OCC[C@@H]1CN(Cc2nc3ccc(F)cc3[nH]2)CCN1Cc1ccc(F)cc1. The quantitative estimate of drug-likeness (QED) is 0.684. The van der Waals surface area contributed by atoms with Crippen molar-refractivity contribution in [3.63, 3.8) is 0 Å². The first kappa shape index (κ1) is 19.0. The normalized spacial score (nSPS) is 18.8. The number of benzene rings is 2. The van der Waals surface area contributed by atoms with Crippen molar-refractivity contribution in [2.75, 3.05) is 26.2 Å². The molecule has 1 aromatic heterocycles. The summed E-state index contributed by atoms with van der Waals surface area (Å²) < 4.78 is 26.5. The Morgan fingerprint density at radius 3 is 2.61 bits per heavy atom. The van der Waals surface area contributed by atoms with Gasteiger partial charge in [0.2, 0.25) is 0 Å². The predicted molar refractivity (Wildman–Crippen MR) is 104 cm³/mol. The lowest BCUT2D eigenvalue weighted by Crippen LogP contribution is -2.52. The number of nitrogens with one attached hydrogen (secondary N) is 1. The molecule has 3 aromatic rings. The van der Waals surface area contributed by atoms with Crippen LogP contribution in [0.2, 0.25) is 0 Å². The summed E-state index contributed by atoms with van der Waals surface area (Å²) in [5, 5.41) is 9.49. The molecule has 1 aliphatic rings. The van der Waals surface area contributed by atoms with E-state index in [0.29, 0.717) is 18.5 Å². The minimum Gasteiger partial charge on any atom is -0.396 e. The Kier molecular flexibility index (Phi) is 5.66. The zero-order valence-corrected chi connectivity index (χ0v) is 15.6. The van der Waals surface area contributed by atoms with E-state index in [9.17, 15) is 13.9 Å². The Bertz CT molecular complexity index is 928. The molecule has 2 N–H and O–H groups in total. The molecular formula is C21H24F2N4O. The first-order chi connectivity index (χ1) is 13.6. The average Bonchev–Trinajstić information content (AvgIpc) is 3.07. The summed E-state index contributed by atoms with van der Waals surface area (Å²) >= 11 is 0. The first-order valence-corrected chi connectivity index (χ1v) is 9.56. The van der Waals surface area contributed by atoms with Crippen LogP contribution in [0.3, 0.4) is 0 Å². The molecule has 2 heterocycles. The number of piperazine rings is 1. The van der Waals surface area contributed by atoms with Gasteiger partial charge in [0, 0.05) is 38.8 Å². The van der Waals surface area contributed by atoms with Crippen LogP contribution in [0.4, 0.5) is 8.78 Å². The van der Waals surface area contributed by atoms with Gasteiger partial charge < -0.3 is 10.1 Å². The molecule has 2 aromatic carbocycles. The lowest BCUT2D eigenvalue weighted by Gasteiger charge is -2.41. The number of H-pyrrole nitrogens is 1. The number of aromatic nitrogens is 2. The summed E-state index contributed by atoms with van der Waals surface area (Å²) in [7, 11) is 0. The van der Waals surface area contributed by atoms with Crippen LogP contribution >= 0.6 is 0 Å². The van der Waals surface area contributed by atoms with Crippen molar-refractivity contribution in [3.8, 4) is 0 Å². The summed E-state index contributed by atoms with van der Waals surface area (Å²) in [6.45, 7) is 4.06. The highest BCUT2D eigenvalue weighted by Gasteiger charge is 2.27. The zero-order valence-electron chi connectivity index (χ0n) is 15.6. The number of halogens is 2. The van der Waals surface area contributed by atoms with Gasteiger partial charge in [0.25, 0.3) is 0 Å². The maximum Gasteiger partial charge on any atom is 0.125 e. The molecule has 1 aliphatic heterocycles. The van der Waals surface area contributed by atoms with Crippen molar-refractivity contribution >= 4 is 11.0 Å². The Labute approximate surface area is 162 Å². The van der Waals surface area contributed by atoms with Gasteiger partial charge in [-0.2, -0.15) is 0 Å². The van der Waals surface area contributed by atoms with E-state index in [1.165, 1.54) is 24.3 Å². The minimum atomic E-state index is -0.278. The van der Waals surface area contributed by atoms with Crippen molar-refractivity contribution in [2.45, 2.75) is 25.6 Å². The number of fused-ring (bicyclic) bond motifs is 1. The van der Waals surface area contributed by atoms with Crippen molar-refractivity contribution in [2.24, 2.45) is 0 Å². The molecule has 1 atom stereocenters. The van der Waals surface area contributed by atoms with Gasteiger partial charge in [-0.15, -0.1) is 0 Å². The first-order valence-electron chi connectivity index (χ1n) is 9.56. The van der Waals surface area contributed by atoms with E-state index in [4.69, 9.17) is 0 Å². The second-order valence-electron chi connectivity index (χ2n) is 7.34. The number of rotatable bonds is 6. The zero-order chi connectivity index (χ0) is 19.5. The molecule has 0 unspecified atom stereocenters. The number of aliphatic hydroxyl groups excluding tert-OH is 1. The fraction of sp³-hybridized carbons (Fsp3) is 0.381. The van der Waals surface area contributed by atoms with Gasteiger partial charge in [0.15, 0.2) is 0 Å². The molecule has 0 aliphatic carbocycles. The Hall–Kier alpha value is -2.35. The van der Waals surface area contributed by atoms with Crippen molar-refractivity contribution in [3.05, 3.63) is 65.5 Å². The van der Waals surface area contributed by atoms with Crippen LogP contribution in [0.25, 0.3) is 11.0 Å². The molecule has 0 bridgehead atoms. The van der Waals surface area contributed by atoms with Crippen molar-refractivity contribution in [1.29, 1.82) is 0 Å². The lowest BCUT2D eigenvalue weighted by atomic mass is 10.1. The van der Waals surface area contributed by atoms with Gasteiger partial charge in [0.05, 0.1) is 17.6 Å².